The average Bonchev–Trinajstić information content (AvgIpc) is 2.75. The van der Waals surface area contributed by atoms with Gasteiger partial charge in [0, 0.05) is 68.6 Å². The molecule has 1 aromatic carbocycles. The second-order valence-corrected chi connectivity index (χ2v) is 6.43. The molecular weight excluding hydrogens is 372 g/mol. The first-order chi connectivity index (χ1) is 14.2. The maximum absolute atomic E-state index is 10.7. The normalized spacial score (nSPS) is 14.9. The molecule has 1 aliphatic rings. The van der Waals surface area contributed by atoms with Gasteiger partial charge in [0.25, 0.3) is 5.69 Å². The number of nitrogens with one attached hydrogen (secondary N) is 2. The van der Waals surface area contributed by atoms with Gasteiger partial charge in [0.1, 0.15) is 0 Å². The van der Waals surface area contributed by atoms with E-state index in [9.17, 15) is 10.1 Å². The SMILES string of the molecule is N#CNC(=NCCN1CCN(c2ccncc2)CC1)Nc1ccc([N+](=O)[O-])cc1. The van der Waals surface area contributed by atoms with Crippen LogP contribution in [0.15, 0.2) is 53.8 Å². The van der Waals surface area contributed by atoms with Crippen LogP contribution < -0.4 is 15.5 Å². The van der Waals surface area contributed by atoms with Gasteiger partial charge >= 0.3 is 0 Å². The van der Waals surface area contributed by atoms with E-state index in [-0.39, 0.29) is 5.69 Å². The summed E-state index contributed by atoms with van der Waals surface area (Å²) in [5.41, 5.74) is 1.81. The van der Waals surface area contributed by atoms with Crippen molar-refractivity contribution in [3.63, 3.8) is 0 Å². The number of nitro benzene ring substituents is 1. The van der Waals surface area contributed by atoms with Crippen molar-refractivity contribution in [1.29, 1.82) is 5.26 Å². The fourth-order valence-electron chi connectivity index (χ4n) is 3.05. The number of nitrogens with zero attached hydrogens (tertiary/aromatic N) is 6. The fourth-order valence-corrected chi connectivity index (χ4v) is 3.05. The predicted molar refractivity (Wildman–Crippen MR) is 111 cm³/mol. The van der Waals surface area contributed by atoms with Gasteiger partial charge in [0.05, 0.1) is 11.5 Å². The van der Waals surface area contributed by atoms with Gasteiger partial charge in [-0.2, -0.15) is 5.26 Å². The Bertz CT molecular complexity index is 871. The maximum atomic E-state index is 10.7. The molecule has 0 bridgehead atoms. The van der Waals surface area contributed by atoms with Crippen molar-refractivity contribution in [3.8, 4) is 6.19 Å². The smallest absolute Gasteiger partial charge is 0.269 e. The standard InChI is InChI=1S/C19H22N8O2/c20-15-23-19(24-16-1-3-18(4-2-16)27(28)29)22-9-10-25-11-13-26(14-12-25)17-5-7-21-8-6-17/h1-8H,9-14H2,(H2,22,23,24). The second kappa shape index (κ2) is 10.0. The topological polar surface area (TPSA) is 123 Å². The van der Waals surface area contributed by atoms with Crippen molar-refractivity contribution in [2.75, 3.05) is 49.5 Å². The Hall–Kier alpha value is -3.71. The molecule has 2 heterocycles. The van der Waals surface area contributed by atoms with Crippen LogP contribution in [0.3, 0.4) is 0 Å². The van der Waals surface area contributed by atoms with Gasteiger partial charge in [0.15, 0.2) is 6.19 Å². The summed E-state index contributed by atoms with van der Waals surface area (Å²) in [5, 5.41) is 25.1. The van der Waals surface area contributed by atoms with Crippen LogP contribution in [-0.4, -0.2) is 60.0 Å². The van der Waals surface area contributed by atoms with E-state index < -0.39 is 4.92 Å². The Labute approximate surface area is 168 Å². The summed E-state index contributed by atoms with van der Waals surface area (Å²) >= 11 is 0. The van der Waals surface area contributed by atoms with Gasteiger partial charge in [-0.3, -0.25) is 30.3 Å². The van der Waals surface area contributed by atoms with E-state index in [1.165, 1.54) is 17.8 Å². The van der Waals surface area contributed by atoms with Gasteiger partial charge < -0.3 is 10.2 Å². The second-order valence-electron chi connectivity index (χ2n) is 6.43. The van der Waals surface area contributed by atoms with Gasteiger partial charge in [0.2, 0.25) is 5.96 Å². The van der Waals surface area contributed by atoms with Gasteiger partial charge in [-0.1, -0.05) is 0 Å². The molecule has 0 atom stereocenters. The zero-order valence-corrected chi connectivity index (χ0v) is 15.9. The van der Waals surface area contributed by atoms with Crippen LogP contribution in [0.5, 0.6) is 0 Å². The van der Waals surface area contributed by atoms with Crippen LogP contribution in [0.25, 0.3) is 0 Å². The van der Waals surface area contributed by atoms with Crippen molar-refractivity contribution in [2.45, 2.75) is 0 Å². The molecule has 1 aliphatic heterocycles. The number of anilines is 2. The number of hydrogen-bond donors (Lipinski definition) is 2. The highest BCUT2D eigenvalue weighted by molar-refractivity contribution is 5.94. The number of nitriles is 1. The average molecular weight is 394 g/mol. The molecule has 2 aromatic rings. The van der Waals surface area contributed by atoms with Crippen LogP contribution in [0.2, 0.25) is 0 Å². The Kier molecular flexibility index (Phi) is 6.91. The highest BCUT2D eigenvalue weighted by atomic mass is 16.6. The van der Waals surface area contributed by atoms with E-state index in [1.54, 1.807) is 24.5 Å². The van der Waals surface area contributed by atoms with E-state index in [1.807, 2.05) is 18.3 Å². The molecule has 3 rings (SSSR count). The first kappa shape index (κ1) is 20.0. The predicted octanol–water partition coefficient (Wildman–Crippen LogP) is 1.65. The lowest BCUT2D eigenvalue weighted by Gasteiger charge is -2.35. The molecule has 10 nitrogen and oxygen atoms in total. The van der Waals surface area contributed by atoms with E-state index >= 15 is 0 Å². The molecule has 0 aliphatic carbocycles. The van der Waals surface area contributed by atoms with Crippen LogP contribution in [0.1, 0.15) is 0 Å². The van der Waals surface area contributed by atoms with Crippen molar-refractivity contribution in [2.24, 2.45) is 4.99 Å². The molecular formula is C19H22N8O2. The summed E-state index contributed by atoms with van der Waals surface area (Å²) in [6.45, 7) is 5.07. The zero-order valence-electron chi connectivity index (χ0n) is 15.9. The Morgan fingerprint density at radius 3 is 2.48 bits per heavy atom. The number of hydrogen-bond acceptors (Lipinski definition) is 7. The van der Waals surface area contributed by atoms with Crippen molar-refractivity contribution >= 4 is 23.0 Å². The minimum atomic E-state index is -0.458. The molecule has 1 aromatic heterocycles. The minimum absolute atomic E-state index is 0.00758. The number of nitro groups is 1. The lowest BCUT2D eigenvalue weighted by Crippen LogP contribution is -2.47. The van der Waals surface area contributed by atoms with Gasteiger partial charge in [-0.05, 0) is 24.3 Å². The summed E-state index contributed by atoms with van der Waals surface area (Å²) in [6.07, 6.45) is 5.46. The fraction of sp³-hybridized carbons (Fsp3) is 0.316. The highest BCUT2D eigenvalue weighted by Crippen LogP contribution is 2.16. The lowest BCUT2D eigenvalue weighted by atomic mass is 10.2. The summed E-state index contributed by atoms with van der Waals surface area (Å²) in [4.78, 5) is 23.4. The molecule has 1 fully saturated rings. The first-order valence-electron chi connectivity index (χ1n) is 9.24. The highest BCUT2D eigenvalue weighted by Gasteiger charge is 2.16. The molecule has 150 valence electrons. The molecule has 29 heavy (non-hydrogen) atoms. The molecule has 1 saturated heterocycles. The van der Waals surface area contributed by atoms with E-state index in [4.69, 9.17) is 5.26 Å². The molecule has 0 saturated carbocycles. The molecule has 0 amide bonds. The molecule has 2 N–H and O–H groups in total. The number of pyridine rings is 1. The molecule has 0 radical (unpaired) electrons. The first-order valence-corrected chi connectivity index (χ1v) is 9.24. The number of aliphatic imine (C=N–C) groups is 1. The number of guanidine groups is 1. The monoisotopic (exact) mass is 394 g/mol. The summed E-state index contributed by atoms with van der Waals surface area (Å²) in [7, 11) is 0. The maximum Gasteiger partial charge on any atom is 0.269 e. The van der Waals surface area contributed by atoms with E-state index in [0.717, 1.165) is 32.7 Å². The Morgan fingerprint density at radius 1 is 1.17 bits per heavy atom. The van der Waals surface area contributed by atoms with E-state index in [2.05, 4.69) is 30.4 Å². The Morgan fingerprint density at radius 2 is 1.86 bits per heavy atom. The van der Waals surface area contributed by atoms with Crippen molar-refractivity contribution in [3.05, 3.63) is 58.9 Å². The van der Waals surface area contributed by atoms with E-state index in [0.29, 0.717) is 18.2 Å². The quantitative estimate of drug-likeness (QED) is 0.189. The number of benzene rings is 1. The minimum Gasteiger partial charge on any atom is -0.369 e. The number of rotatable bonds is 6. The third-order valence-electron chi connectivity index (χ3n) is 4.60. The molecule has 0 unspecified atom stereocenters. The third kappa shape index (κ3) is 5.88. The van der Waals surface area contributed by atoms with Crippen LogP contribution in [-0.2, 0) is 0 Å². The van der Waals surface area contributed by atoms with Gasteiger partial charge in [-0.25, -0.2) is 0 Å². The summed E-state index contributed by atoms with van der Waals surface area (Å²) < 4.78 is 0. The largest absolute Gasteiger partial charge is 0.369 e. The Balaban J connectivity index is 1.48. The summed E-state index contributed by atoms with van der Waals surface area (Å²) in [5.74, 6) is 0.316. The molecule has 0 spiro atoms. The summed E-state index contributed by atoms with van der Waals surface area (Å²) in [6, 6.07) is 9.98. The van der Waals surface area contributed by atoms with Crippen molar-refractivity contribution in [1.82, 2.24) is 15.2 Å². The van der Waals surface area contributed by atoms with Crippen LogP contribution >= 0.6 is 0 Å². The van der Waals surface area contributed by atoms with Crippen LogP contribution in [0.4, 0.5) is 17.1 Å². The number of non-ortho nitro benzene ring substituents is 1. The molecule has 10 heteroatoms. The number of aromatic nitrogens is 1. The van der Waals surface area contributed by atoms with Crippen molar-refractivity contribution < 1.29 is 4.92 Å². The lowest BCUT2D eigenvalue weighted by molar-refractivity contribution is -0.384. The van der Waals surface area contributed by atoms with Crippen LogP contribution in [0, 0.1) is 21.6 Å². The zero-order chi connectivity index (χ0) is 20.5. The number of piperazine rings is 1. The van der Waals surface area contributed by atoms with Gasteiger partial charge in [-0.15, -0.1) is 0 Å². The third-order valence-corrected chi connectivity index (χ3v) is 4.60.